The molecule has 0 amide bonds. The highest BCUT2D eigenvalue weighted by Gasteiger charge is 2.67. The van der Waals surface area contributed by atoms with Crippen molar-refractivity contribution in [1.29, 1.82) is 0 Å². The van der Waals surface area contributed by atoms with Gasteiger partial charge in [0.1, 0.15) is 0 Å². The van der Waals surface area contributed by atoms with Gasteiger partial charge < -0.3 is 28.9 Å². The molecule has 0 radical (unpaired) electrons. The summed E-state index contributed by atoms with van der Waals surface area (Å²) < 4.78 is 24.4. The van der Waals surface area contributed by atoms with E-state index in [-0.39, 0.29) is 47.5 Å². The Morgan fingerprint density at radius 1 is 0.338 bits per heavy atom. The Hall–Kier alpha value is -5.52. The zero-order valence-electron chi connectivity index (χ0n) is 45.1. The molecule has 3 aromatic heterocycles. The highest BCUT2D eigenvalue weighted by Crippen LogP contribution is 2.70. The van der Waals surface area contributed by atoms with Crippen molar-refractivity contribution in [3.63, 3.8) is 0 Å². The quantitative estimate of drug-likeness (QED) is 0.113. The first-order valence-corrected chi connectivity index (χ1v) is 28.3. The molecule has 7 heterocycles. The van der Waals surface area contributed by atoms with Crippen molar-refractivity contribution in [3.05, 3.63) is 69.3 Å². The van der Waals surface area contributed by atoms with Crippen LogP contribution in [-0.4, -0.2) is 70.2 Å². The van der Waals surface area contributed by atoms with E-state index in [2.05, 4.69) is 114 Å². The number of nitrogens with zero attached hydrogens (tertiary/aromatic N) is 2. The zero-order chi connectivity index (χ0) is 51.9. The molecule has 0 spiro atoms. The van der Waals surface area contributed by atoms with E-state index >= 15 is 0 Å². The molecule has 394 valence electrons. The number of fused-ring (bicyclic) bond motifs is 16. The van der Waals surface area contributed by atoms with E-state index in [1.807, 2.05) is 0 Å². The van der Waals surface area contributed by atoms with Gasteiger partial charge in [0.05, 0.1) is 72.9 Å². The fourth-order valence-corrected chi connectivity index (χ4v) is 14.3. The minimum absolute atomic E-state index is 0.181. The summed E-state index contributed by atoms with van der Waals surface area (Å²) in [5.41, 5.74) is 8.26. The van der Waals surface area contributed by atoms with Crippen molar-refractivity contribution >= 4 is 70.2 Å². The first-order valence-electron chi connectivity index (χ1n) is 28.3. The van der Waals surface area contributed by atoms with Gasteiger partial charge >= 0.3 is 23.9 Å². The molecular formula is C62H78N4O8. The number of nitrogens with one attached hydrogen (secondary N) is 2. The Morgan fingerprint density at radius 2 is 0.541 bits per heavy atom. The van der Waals surface area contributed by atoms with Gasteiger partial charge in [-0.1, -0.05) is 120 Å². The molecule has 12 bridgehead atoms. The number of hydrogen-bond acceptors (Lipinski definition) is 10. The monoisotopic (exact) mass is 1010 g/mol. The summed E-state index contributed by atoms with van der Waals surface area (Å²) in [6, 6.07) is 8.38. The van der Waals surface area contributed by atoms with Crippen molar-refractivity contribution in [2.45, 2.75) is 169 Å². The van der Waals surface area contributed by atoms with Gasteiger partial charge in [-0.15, -0.1) is 0 Å². The fraction of sp³-hybridized carbons (Fsp3) is 0.613. The topological polar surface area (TPSA) is 163 Å². The summed E-state index contributed by atoms with van der Waals surface area (Å²) in [5.74, 6) is -3.17. The van der Waals surface area contributed by atoms with E-state index in [4.69, 9.17) is 28.9 Å². The predicted molar refractivity (Wildman–Crippen MR) is 287 cm³/mol. The van der Waals surface area contributed by atoms with Crippen molar-refractivity contribution in [2.75, 3.05) is 26.4 Å². The molecule has 4 aliphatic carbocycles. The number of hydrogen-bond donors (Lipinski definition) is 2. The lowest BCUT2D eigenvalue weighted by molar-refractivity contribution is -0.147. The van der Waals surface area contributed by atoms with Crippen LogP contribution in [0.4, 0.5) is 0 Å². The average molecular weight is 1010 g/mol. The lowest BCUT2D eigenvalue weighted by Gasteiger charge is -2.09. The van der Waals surface area contributed by atoms with Gasteiger partial charge in [0.2, 0.25) is 0 Å². The predicted octanol–water partition coefficient (Wildman–Crippen LogP) is 13.3. The molecule has 8 atom stereocenters. The molecule has 4 aliphatic heterocycles. The lowest BCUT2D eigenvalue weighted by Crippen LogP contribution is -2.12. The van der Waals surface area contributed by atoms with Crippen molar-refractivity contribution < 1.29 is 38.1 Å². The molecule has 12 nitrogen and oxygen atoms in total. The molecule has 4 unspecified atom stereocenters. The zero-order valence-corrected chi connectivity index (χ0v) is 45.1. The minimum atomic E-state index is -0.437. The second-order valence-corrected chi connectivity index (χ2v) is 25.4. The molecule has 4 saturated carbocycles. The number of carbonyl (C=O) groups is 4. The second kappa shape index (κ2) is 19.2. The number of aromatic amines is 2. The van der Waals surface area contributed by atoms with Crippen molar-refractivity contribution in [3.8, 4) is 0 Å². The number of cyclic esters (lactones) is 4. The van der Waals surface area contributed by atoms with Gasteiger partial charge in [0.25, 0.3) is 0 Å². The minimum Gasteiger partial charge on any atom is -0.465 e. The normalized spacial score (nSPS) is 30.6. The molecule has 74 heavy (non-hydrogen) atoms. The van der Waals surface area contributed by atoms with Gasteiger partial charge in [-0.2, -0.15) is 0 Å². The van der Waals surface area contributed by atoms with E-state index in [9.17, 15) is 19.2 Å². The summed E-state index contributed by atoms with van der Waals surface area (Å²) in [7, 11) is 0. The molecule has 3 aromatic rings. The Kier molecular flexibility index (Phi) is 13.2. The van der Waals surface area contributed by atoms with Gasteiger partial charge in [-0.3, -0.25) is 19.2 Å². The van der Waals surface area contributed by atoms with Gasteiger partial charge in [-0.05, 0) is 95.9 Å². The van der Waals surface area contributed by atoms with Gasteiger partial charge in [0.15, 0.2) is 0 Å². The summed E-state index contributed by atoms with van der Waals surface area (Å²) in [6.45, 7) is 18.7. The van der Waals surface area contributed by atoms with Crippen LogP contribution in [0.5, 0.6) is 0 Å². The third-order valence-electron chi connectivity index (χ3n) is 19.0. The van der Waals surface area contributed by atoms with Crippen LogP contribution in [0.15, 0.2) is 24.3 Å². The molecule has 0 aromatic carbocycles. The van der Waals surface area contributed by atoms with Gasteiger partial charge in [0, 0.05) is 68.0 Å². The summed E-state index contributed by atoms with van der Waals surface area (Å²) in [4.78, 5) is 75.8. The number of carbonyl (C=O) groups excluding carboxylic acids is 4. The van der Waals surface area contributed by atoms with E-state index in [1.165, 1.54) is 0 Å². The second-order valence-electron chi connectivity index (χ2n) is 25.4. The SMILES string of the molecule is CC1(C)C2c3c4nc(c(c5ccc([nH]5)c5c6nc(c(c7ccc3[nH]7)C3[C@@H](C(=O)OCCCCCCCCCOC(=O)[C@@H]7C5C7(C)C)C3(C)C)C=C6)C3[C@@H](C(=O)OCCCCCCCCCOC(=O)[C@H]21)C3(C)C)C=C4. The molecule has 4 fully saturated rings. The number of aromatic nitrogens is 4. The molecule has 2 N–H and O–H groups in total. The number of rotatable bonds is 0. The number of H-pyrrole nitrogens is 2. The van der Waals surface area contributed by atoms with Crippen molar-refractivity contribution in [2.24, 2.45) is 45.3 Å². The van der Waals surface area contributed by atoms with E-state index < -0.39 is 45.3 Å². The van der Waals surface area contributed by atoms with Crippen molar-refractivity contribution in [1.82, 2.24) is 19.9 Å². The van der Waals surface area contributed by atoms with Crippen LogP contribution >= 0.6 is 0 Å². The lowest BCUT2D eigenvalue weighted by atomic mass is 10.0. The smallest absolute Gasteiger partial charge is 0.310 e. The number of ether oxygens (including phenoxy) is 4. The van der Waals surface area contributed by atoms with E-state index in [0.29, 0.717) is 26.4 Å². The molecule has 11 rings (SSSR count). The van der Waals surface area contributed by atoms with Crippen LogP contribution in [0.2, 0.25) is 0 Å². The molecular weight excluding hydrogens is 929 g/mol. The first-order chi connectivity index (χ1) is 35.5. The maximum Gasteiger partial charge on any atom is 0.310 e. The van der Waals surface area contributed by atoms with Crippen LogP contribution in [0.1, 0.15) is 214 Å². The Bertz CT molecular complexity index is 2600. The van der Waals surface area contributed by atoms with Crippen LogP contribution in [-0.2, 0) is 38.1 Å². The first kappa shape index (κ1) is 50.6. The van der Waals surface area contributed by atoms with Crippen LogP contribution in [0.3, 0.4) is 0 Å². The summed E-state index contributed by atoms with van der Waals surface area (Å²) in [6.07, 6.45) is 21.9. The number of esters is 4. The standard InChI is InChI=1S/C62H78N4O8/c1-59(2)47-43-35-23-24-36(63-35)44(48-52(60(48,3)4)56(68)72-32-20-16-12-9-11-15-19-31-71-55(67)51(47)59)41-29-30-42(66-41)46-38-26-25-37(64-38)45(40-28-27-39(43)65-40)49-53(61(49,5)6)57(69)73-33-21-17-13-10-14-18-22-34-74-58(70)54-50(46)62(54,7)8/h23-30,47-54,65-66H,9-22,31-34H2,1-8H3/t47?,48?,49?,50?,51-,52-,53-,54-/m0/s1. The Labute approximate surface area is 436 Å². The average Bonchev–Trinajstić information content (AvgIpc) is 3.96. The molecule has 8 aliphatic rings. The summed E-state index contributed by atoms with van der Waals surface area (Å²) >= 11 is 0. The van der Waals surface area contributed by atoms with Gasteiger partial charge in [-0.25, -0.2) is 9.97 Å². The maximum atomic E-state index is 14.2. The van der Waals surface area contributed by atoms with Crippen LogP contribution in [0, 0.1) is 45.3 Å². The Morgan fingerprint density at radius 3 is 0.757 bits per heavy atom. The molecule has 12 heteroatoms. The van der Waals surface area contributed by atoms with Crippen LogP contribution in [0.25, 0.3) is 46.4 Å². The third-order valence-corrected chi connectivity index (χ3v) is 19.0. The molecule has 0 saturated heterocycles. The van der Waals surface area contributed by atoms with E-state index in [0.717, 1.165) is 157 Å². The van der Waals surface area contributed by atoms with Crippen LogP contribution < -0.4 is 0 Å². The summed E-state index contributed by atoms with van der Waals surface area (Å²) in [5, 5.41) is 0. The third kappa shape index (κ3) is 8.95. The Balaban J connectivity index is 1.16. The highest BCUT2D eigenvalue weighted by molar-refractivity contribution is 5.91. The fourth-order valence-electron chi connectivity index (χ4n) is 14.3. The van der Waals surface area contributed by atoms with E-state index in [1.54, 1.807) is 0 Å². The maximum absolute atomic E-state index is 14.2. The highest BCUT2D eigenvalue weighted by atomic mass is 16.5. The largest absolute Gasteiger partial charge is 0.465 e.